The minimum Gasteiger partial charge on any atom is -0.347 e. The van der Waals surface area contributed by atoms with Crippen molar-refractivity contribution in [3.05, 3.63) is 57.7 Å². The van der Waals surface area contributed by atoms with Crippen LogP contribution in [0.2, 0.25) is 0 Å². The van der Waals surface area contributed by atoms with E-state index in [2.05, 4.69) is 27.6 Å². The maximum absolute atomic E-state index is 12.9. The molecular weight excluding hydrogens is 352 g/mol. The van der Waals surface area contributed by atoms with Crippen LogP contribution >= 0.6 is 23.6 Å². The predicted octanol–water partition coefficient (Wildman–Crippen LogP) is 4.03. The van der Waals surface area contributed by atoms with E-state index in [1.807, 2.05) is 36.6 Å². The van der Waals surface area contributed by atoms with Crippen LogP contribution in [0.4, 0.5) is 0 Å². The highest BCUT2D eigenvalue weighted by atomic mass is 32.1. The summed E-state index contributed by atoms with van der Waals surface area (Å²) in [6.45, 7) is 1.86. The van der Waals surface area contributed by atoms with E-state index in [0.29, 0.717) is 10.6 Å². The van der Waals surface area contributed by atoms with Gasteiger partial charge in [-0.05, 0) is 54.6 Å². The molecule has 2 aromatic heterocycles. The van der Waals surface area contributed by atoms with E-state index in [4.69, 9.17) is 12.2 Å². The summed E-state index contributed by atoms with van der Waals surface area (Å²) in [4.78, 5) is 13.8. The topological polar surface area (TPSA) is 62.7 Å². The van der Waals surface area contributed by atoms with E-state index in [-0.39, 0.29) is 11.9 Å². The van der Waals surface area contributed by atoms with Crippen LogP contribution in [0.5, 0.6) is 0 Å². The van der Waals surface area contributed by atoms with Crippen molar-refractivity contribution in [1.82, 2.24) is 20.1 Å². The second-order valence-corrected chi connectivity index (χ2v) is 7.51. The van der Waals surface area contributed by atoms with Crippen molar-refractivity contribution in [2.75, 3.05) is 0 Å². The summed E-state index contributed by atoms with van der Waals surface area (Å²) in [5, 5.41) is 12.3. The van der Waals surface area contributed by atoms with Crippen molar-refractivity contribution in [1.29, 1.82) is 0 Å². The number of carbonyl (C=O) groups excluding carboxylic acids is 1. The lowest BCUT2D eigenvalue weighted by atomic mass is 10.1. The minimum absolute atomic E-state index is 0.0444. The monoisotopic (exact) mass is 370 g/mol. The molecule has 1 aliphatic carbocycles. The van der Waals surface area contributed by atoms with Crippen molar-refractivity contribution in [3.8, 4) is 10.7 Å². The van der Waals surface area contributed by atoms with E-state index < -0.39 is 6.04 Å². The van der Waals surface area contributed by atoms with Crippen LogP contribution in [0, 0.1) is 4.77 Å². The molecular formula is C18H18N4OS2. The molecule has 0 bridgehead atoms. The Labute approximate surface area is 154 Å². The quantitative estimate of drug-likeness (QED) is 0.682. The predicted molar refractivity (Wildman–Crippen MR) is 101 cm³/mol. The Morgan fingerprint density at radius 1 is 1.40 bits per heavy atom. The van der Waals surface area contributed by atoms with Gasteiger partial charge in [0.05, 0.1) is 10.9 Å². The highest BCUT2D eigenvalue weighted by Gasteiger charge is 2.27. The Hall–Kier alpha value is -2.25. The lowest BCUT2D eigenvalue weighted by molar-refractivity contribution is -0.124. The van der Waals surface area contributed by atoms with E-state index in [1.165, 1.54) is 11.1 Å². The molecule has 5 nitrogen and oxygen atoms in total. The molecule has 0 spiro atoms. The van der Waals surface area contributed by atoms with E-state index >= 15 is 0 Å². The van der Waals surface area contributed by atoms with Gasteiger partial charge >= 0.3 is 0 Å². The Morgan fingerprint density at radius 3 is 3.04 bits per heavy atom. The molecule has 0 aliphatic heterocycles. The molecule has 2 atom stereocenters. The average Bonchev–Trinajstić information content (AvgIpc) is 3.34. The zero-order valence-corrected chi connectivity index (χ0v) is 15.4. The van der Waals surface area contributed by atoms with E-state index in [1.54, 1.807) is 15.9 Å². The third kappa shape index (κ3) is 2.94. The number of H-pyrrole nitrogens is 1. The summed E-state index contributed by atoms with van der Waals surface area (Å²) in [7, 11) is 0. The van der Waals surface area contributed by atoms with Crippen LogP contribution < -0.4 is 5.32 Å². The summed E-state index contributed by atoms with van der Waals surface area (Å²) in [6.07, 6.45) is 1.94. The number of carbonyl (C=O) groups is 1. The number of hydrogen-bond donors (Lipinski definition) is 2. The summed E-state index contributed by atoms with van der Waals surface area (Å²) < 4.78 is 2.25. The largest absolute Gasteiger partial charge is 0.347 e. The number of thiophene rings is 1. The van der Waals surface area contributed by atoms with Gasteiger partial charge in [-0.15, -0.1) is 11.3 Å². The fourth-order valence-electron chi connectivity index (χ4n) is 3.36. The maximum Gasteiger partial charge on any atom is 0.243 e. The Bertz CT molecular complexity index is 958. The van der Waals surface area contributed by atoms with Crippen LogP contribution in [-0.4, -0.2) is 20.7 Å². The Kier molecular flexibility index (Phi) is 4.27. The van der Waals surface area contributed by atoms with Gasteiger partial charge in [0, 0.05) is 0 Å². The van der Waals surface area contributed by atoms with Gasteiger partial charge in [-0.25, -0.2) is 0 Å². The van der Waals surface area contributed by atoms with Gasteiger partial charge < -0.3 is 5.32 Å². The van der Waals surface area contributed by atoms with Crippen molar-refractivity contribution in [2.45, 2.75) is 31.8 Å². The number of amides is 1. The van der Waals surface area contributed by atoms with Crippen molar-refractivity contribution in [2.24, 2.45) is 0 Å². The molecule has 3 aromatic rings. The van der Waals surface area contributed by atoms with Gasteiger partial charge in [-0.2, -0.15) is 5.10 Å². The van der Waals surface area contributed by atoms with Crippen LogP contribution in [-0.2, 0) is 11.2 Å². The SMILES string of the molecule is C[C@@H](C(=O)N[C@@H]1CCc2ccccc21)n1c(-c2cccs2)n[nH]c1=S. The van der Waals surface area contributed by atoms with Crippen LogP contribution in [0.1, 0.15) is 36.6 Å². The summed E-state index contributed by atoms with van der Waals surface area (Å²) in [5.41, 5.74) is 2.54. The number of nitrogens with zero attached hydrogens (tertiary/aromatic N) is 2. The van der Waals surface area contributed by atoms with Crippen molar-refractivity contribution in [3.63, 3.8) is 0 Å². The molecule has 1 aromatic carbocycles. The number of aryl methyl sites for hydroxylation is 1. The first kappa shape index (κ1) is 16.2. The lowest BCUT2D eigenvalue weighted by Gasteiger charge is -2.19. The number of fused-ring (bicyclic) bond motifs is 1. The van der Waals surface area contributed by atoms with Crippen molar-refractivity contribution >= 4 is 29.5 Å². The van der Waals surface area contributed by atoms with Gasteiger partial charge in [0.1, 0.15) is 6.04 Å². The Balaban J connectivity index is 1.58. The maximum atomic E-state index is 12.9. The zero-order chi connectivity index (χ0) is 17.4. The molecule has 128 valence electrons. The van der Waals surface area contributed by atoms with Gasteiger partial charge in [0.2, 0.25) is 5.91 Å². The second kappa shape index (κ2) is 6.57. The number of benzene rings is 1. The average molecular weight is 371 g/mol. The molecule has 0 saturated carbocycles. The first-order valence-electron chi connectivity index (χ1n) is 8.24. The molecule has 2 heterocycles. The lowest BCUT2D eigenvalue weighted by Crippen LogP contribution is -2.33. The fourth-order valence-corrected chi connectivity index (χ4v) is 4.36. The molecule has 7 heteroatoms. The van der Waals surface area contributed by atoms with Crippen LogP contribution in [0.15, 0.2) is 41.8 Å². The third-order valence-corrected chi connectivity index (χ3v) is 5.82. The summed E-state index contributed by atoms with van der Waals surface area (Å²) in [6, 6.07) is 11.9. The fraction of sp³-hybridized carbons (Fsp3) is 0.278. The summed E-state index contributed by atoms with van der Waals surface area (Å²) in [5.74, 6) is 0.659. The first-order valence-corrected chi connectivity index (χ1v) is 9.53. The van der Waals surface area contributed by atoms with E-state index in [0.717, 1.165) is 17.7 Å². The third-order valence-electron chi connectivity index (χ3n) is 4.66. The molecule has 0 unspecified atom stereocenters. The minimum atomic E-state index is -0.434. The first-order chi connectivity index (χ1) is 12.1. The van der Waals surface area contributed by atoms with Gasteiger partial charge in [-0.1, -0.05) is 30.3 Å². The number of nitrogens with one attached hydrogen (secondary N) is 2. The van der Waals surface area contributed by atoms with E-state index in [9.17, 15) is 4.79 Å². The normalized spacial score (nSPS) is 17.2. The molecule has 0 radical (unpaired) electrons. The standard InChI is InChI=1S/C18H18N4OS2/c1-11(22-16(20-21-18(22)24)15-7-4-10-25-15)17(23)19-14-9-8-12-5-2-3-6-13(12)14/h2-7,10-11,14H,8-9H2,1H3,(H,19,23)(H,21,24)/t11-,14+/m0/s1. The molecule has 25 heavy (non-hydrogen) atoms. The molecule has 1 amide bonds. The second-order valence-electron chi connectivity index (χ2n) is 6.17. The van der Waals surface area contributed by atoms with Gasteiger partial charge in [0.15, 0.2) is 10.6 Å². The van der Waals surface area contributed by atoms with Crippen LogP contribution in [0.25, 0.3) is 10.7 Å². The summed E-state index contributed by atoms with van der Waals surface area (Å²) >= 11 is 6.93. The smallest absolute Gasteiger partial charge is 0.243 e. The number of rotatable bonds is 4. The van der Waals surface area contributed by atoms with Crippen LogP contribution in [0.3, 0.4) is 0 Å². The molecule has 0 saturated heterocycles. The highest BCUT2D eigenvalue weighted by Crippen LogP contribution is 2.31. The number of aromatic amines is 1. The Morgan fingerprint density at radius 2 is 2.24 bits per heavy atom. The van der Waals surface area contributed by atoms with Gasteiger partial charge in [0.25, 0.3) is 0 Å². The molecule has 1 aliphatic rings. The molecule has 0 fully saturated rings. The number of hydrogen-bond acceptors (Lipinski definition) is 4. The van der Waals surface area contributed by atoms with Crippen molar-refractivity contribution < 1.29 is 4.79 Å². The zero-order valence-electron chi connectivity index (χ0n) is 13.7. The number of aromatic nitrogens is 3. The van der Waals surface area contributed by atoms with Gasteiger partial charge in [-0.3, -0.25) is 14.5 Å². The molecule has 2 N–H and O–H groups in total. The molecule has 4 rings (SSSR count). The highest BCUT2D eigenvalue weighted by molar-refractivity contribution is 7.71.